The second-order valence-electron chi connectivity index (χ2n) is 17.0. The fourth-order valence-corrected chi connectivity index (χ4v) is 8.33. The minimum Gasteiger partial charge on any atom is -0.431 e. The molecule has 7 aromatic heterocycles. The number of nitrogens with zero attached hydrogens (tertiary/aromatic N) is 12. The molecule has 0 spiro atoms. The average Bonchev–Trinajstić information content (AvgIpc) is 4.25. The van der Waals surface area contributed by atoms with Crippen LogP contribution in [0, 0.1) is 88.6 Å². The molecular weight excluding hydrogens is 1240 g/mol. The zero-order chi connectivity index (χ0) is 46.8. The molecule has 12 rings (SSSR count). The minimum atomic E-state index is 0. The fraction of sp³-hybridized carbons (Fsp3) is 0.0702. The third kappa shape index (κ3) is 8.69. The molecular formula is C57H38N12Pt2+4. The summed E-state index contributed by atoms with van der Waals surface area (Å²) in [5.74, 6) is 1.02. The molecule has 0 aliphatic carbocycles. The number of nitriles is 1. The van der Waals surface area contributed by atoms with Gasteiger partial charge in [0.2, 0.25) is 0 Å². The van der Waals surface area contributed by atoms with Crippen molar-refractivity contribution in [2.45, 2.75) is 27.7 Å². The van der Waals surface area contributed by atoms with Gasteiger partial charge >= 0.3 is 42.1 Å². The van der Waals surface area contributed by atoms with Crippen LogP contribution in [0.3, 0.4) is 0 Å². The van der Waals surface area contributed by atoms with Crippen LogP contribution in [0.4, 0.5) is 0 Å². The van der Waals surface area contributed by atoms with Crippen LogP contribution in [-0.2, 0) is 42.1 Å². The molecule has 0 unspecified atom stereocenters. The fourth-order valence-electron chi connectivity index (χ4n) is 8.33. The molecule has 0 atom stereocenters. The topological polar surface area (TPSA) is 89.7 Å². The molecule has 12 nitrogen and oxygen atoms in total. The molecule has 0 fully saturated rings. The maximum atomic E-state index is 11.1. The van der Waals surface area contributed by atoms with Crippen molar-refractivity contribution >= 4 is 21.8 Å². The number of aromatic nitrogens is 11. The summed E-state index contributed by atoms with van der Waals surface area (Å²) < 4.78 is 16.8. The maximum Gasteiger partial charge on any atom is 4.00 e. The quantitative estimate of drug-likeness (QED) is 0.112. The third-order valence-corrected chi connectivity index (χ3v) is 12.1. The van der Waals surface area contributed by atoms with Crippen molar-refractivity contribution in [2.75, 3.05) is 0 Å². The zero-order valence-corrected chi connectivity index (χ0v) is 43.1. The van der Waals surface area contributed by atoms with Gasteiger partial charge in [0, 0.05) is 49.6 Å². The second-order valence-corrected chi connectivity index (χ2v) is 17.0. The van der Waals surface area contributed by atoms with Crippen molar-refractivity contribution in [2.24, 2.45) is 0 Å². The van der Waals surface area contributed by atoms with Gasteiger partial charge < -0.3 is 25.8 Å². The number of imidazole rings is 4. The van der Waals surface area contributed by atoms with Crippen molar-refractivity contribution in [1.82, 2.24) is 32.8 Å². The van der Waals surface area contributed by atoms with Crippen molar-refractivity contribution < 1.29 is 60.4 Å². The first kappa shape index (κ1) is 46.6. The number of aryl methyl sites for hydroxylation is 4. The summed E-state index contributed by atoms with van der Waals surface area (Å²) in [6.07, 6.45) is 32.6. The predicted molar refractivity (Wildman–Crippen MR) is 254 cm³/mol. The van der Waals surface area contributed by atoms with E-state index in [1.54, 1.807) is 9.13 Å². The summed E-state index contributed by atoms with van der Waals surface area (Å²) in [5.41, 5.74) is 11.4. The molecule has 0 aliphatic heterocycles. The van der Waals surface area contributed by atoms with Crippen molar-refractivity contribution in [3.63, 3.8) is 0 Å². The monoisotopic (exact) mass is 1280 g/mol. The van der Waals surface area contributed by atoms with E-state index in [-0.39, 0.29) is 42.1 Å². The van der Waals surface area contributed by atoms with Gasteiger partial charge in [-0.2, -0.15) is 17.7 Å². The van der Waals surface area contributed by atoms with Gasteiger partial charge in [-0.1, -0.05) is 83.2 Å². The summed E-state index contributed by atoms with van der Waals surface area (Å²) in [7, 11) is 0. The first-order valence-electron chi connectivity index (χ1n) is 22.2. The van der Waals surface area contributed by atoms with Gasteiger partial charge in [-0.3, -0.25) is 37.4 Å². The third-order valence-electron chi connectivity index (χ3n) is 12.1. The van der Waals surface area contributed by atoms with E-state index < -0.39 is 0 Å². The van der Waals surface area contributed by atoms with E-state index >= 15 is 0 Å². The summed E-state index contributed by atoms with van der Waals surface area (Å²) in [5, 5.41) is 12.7. The van der Waals surface area contributed by atoms with E-state index in [1.807, 2.05) is 118 Å². The van der Waals surface area contributed by atoms with Crippen LogP contribution in [0.1, 0.15) is 27.8 Å². The summed E-state index contributed by atoms with van der Waals surface area (Å²) in [4.78, 5) is 9.83. The van der Waals surface area contributed by atoms with Crippen LogP contribution in [-0.4, -0.2) is 32.8 Å². The van der Waals surface area contributed by atoms with Gasteiger partial charge in [-0.05, 0) is 82.3 Å². The smallest absolute Gasteiger partial charge is 0.431 e. The Kier molecular flexibility index (Phi) is 12.5. The molecule has 0 amide bonds. The van der Waals surface area contributed by atoms with E-state index in [0.29, 0.717) is 45.3 Å². The molecule has 0 radical (unpaired) electrons. The van der Waals surface area contributed by atoms with Gasteiger partial charge in [-0.15, -0.1) is 22.4 Å². The molecule has 14 heteroatoms. The summed E-state index contributed by atoms with van der Waals surface area (Å²) in [6.45, 7) is 8.24. The van der Waals surface area contributed by atoms with Gasteiger partial charge in [-0.25, -0.2) is 21.7 Å². The molecule has 71 heavy (non-hydrogen) atoms. The Balaban J connectivity index is 0.00000291. The van der Waals surface area contributed by atoms with E-state index in [4.69, 9.17) is 9.97 Å². The first-order chi connectivity index (χ1) is 33.7. The van der Waals surface area contributed by atoms with Crippen LogP contribution in [0.5, 0.6) is 0 Å². The molecule has 0 aliphatic rings. The van der Waals surface area contributed by atoms with E-state index in [9.17, 15) is 5.26 Å². The first-order valence-corrected chi connectivity index (χ1v) is 22.2. The average molecular weight is 1280 g/mol. The molecule has 0 saturated carbocycles. The summed E-state index contributed by atoms with van der Waals surface area (Å²) in [6, 6.07) is 49.9. The molecule has 5 aromatic carbocycles. The molecule has 7 heterocycles. The Morgan fingerprint density at radius 3 is 1.07 bits per heavy atom. The maximum absolute atomic E-state index is 11.1. The standard InChI is InChI=1S/C57H38N12.2Pt/c1-40-5-13-44(14-6-40)61-21-25-65(36-61)52-29-48(30-53(49(52)33-58)66-26-22-62(37-66)45-15-7-41(2)8-16-45)69-54-31-56(67-27-23-63(38-67)46-17-9-42(3)10-18-46)59-34-50(54)51-35-60-57(32-55(51)69)68-28-24-64(39-68)47-19-11-43(4)12-20-47;;/h5-28,34-35H,1-4H3;;/q-4;2*+4. The largest absolute Gasteiger partial charge is 4.00 e. The van der Waals surface area contributed by atoms with E-state index in [1.165, 1.54) is 11.1 Å². The van der Waals surface area contributed by atoms with Crippen molar-refractivity contribution in [3.8, 4) is 57.5 Å². The number of benzene rings is 5. The number of rotatable bonds is 9. The van der Waals surface area contributed by atoms with Crippen molar-refractivity contribution in [1.29, 1.82) is 5.26 Å². The van der Waals surface area contributed by atoms with Crippen LogP contribution < -0.4 is 18.3 Å². The Hall–Kier alpha value is -8.09. The number of hydrogen-bond acceptors (Lipinski definition) is 3. The number of fused-ring (bicyclic) bond motifs is 3. The molecule has 0 saturated heterocycles. The molecule has 12 aromatic rings. The molecule has 0 N–H and O–H groups in total. The summed E-state index contributed by atoms with van der Waals surface area (Å²) >= 11 is 0. The molecule has 342 valence electrons. The van der Waals surface area contributed by atoms with E-state index in [2.05, 4.69) is 156 Å². The van der Waals surface area contributed by atoms with Gasteiger partial charge in [0.25, 0.3) is 25.3 Å². The van der Waals surface area contributed by atoms with Gasteiger partial charge in [0.1, 0.15) is 0 Å². The number of pyridine rings is 2. The minimum absolute atomic E-state index is 0. The number of hydrogen-bond donors (Lipinski definition) is 0. The van der Waals surface area contributed by atoms with E-state index in [0.717, 1.165) is 44.6 Å². The Bertz CT molecular complexity index is 3700. The normalized spacial score (nSPS) is 11.1. The van der Waals surface area contributed by atoms with Gasteiger partial charge in [0.05, 0.1) is 34.4 Å². The Morgan fingerprint density at radius 1 is 0.437 bits per heavy atom. The molecule has 0 bridgehead atoms. The van der Waals surface area contributed by atoms with Crippen LogP contribution in [0.25, 0.3) is 73.3 Å². The van der Waals surface area contributed by atoms with Crippen LogP contribution in [0.2, 0.25) is 0 Å². The van der Waals surface area contributed by atoms with Gasteiger partial charge in [0.15, 0.2) is 0 Å². The van der Waals surface area contributed by atoms with Crippen LogP contribution in [0.15, 0.2) is 159 Å². The second kappa shape index (κ2) is 19.0. The Labute approximate surface area is 439 Å². The zero-order valence-electron chi connectivity index (χ0n) is 38.5. The van der Waals surface area contributed by atoms with Crippen LogP contribution >= 0.6 is 0 Å². The van der Waals surface area contributed by atoms with Crippen molar-refractivity contribution in [3.05, 3.63) is 236 Å². The Morgan fingerprint density at radius 2 is 0.746 bits per heavy atom. The predicted octanol–water partition coefficient (Wildman–Crippen LogP) is 7.35. The SMILES string of the molecule is Cc1ccc(-[n+]2[c-]n(-c3[c-]c4c(cn3)c3cnc(-n5[c-][n+](-c6ccc(C)cc6)cc5)[c-]c3n4-c3[c-]c(-n4[c-][n+](-c5ccc(C)cc5)cc4)c(C#N)c(-n4[c-][n+](-c5ccc(C)cc5)cc4)[c-]3)cc2)cc1.[Pt+4].[Pt+4].